The van der Waals surface area contributed by atoms with Crippen molar-refractivity contribution >= 4 is 0 Å². The number of aliphatic hydroxyl groups is 1. The van der Waals surface area contributed by atoms with Gasteiger partial charge in [-0.1, -0.05) is 19.3 Å². The van der Waals surface area contributed by atoms with Crippen molar-refractivity contribution < 1.29 is 5.11 Å². The molecule has 0 heterocycles. The molecule has 11 heavy (non-hydrogen) atoms. The highest BCUT2D eigenvalue weighted by atomic mass is 16.3. The van der Waals surface area contributed by atoms with E-state index in [1.165, 1.54) is 12.8 Å². The first kappa shape index (κ1) is 10.9. The molecule has 0 radical (unpaired) electrons. The molecular formula is C8H20N2O. The van der Waals surface area contributed by atoms with Crippen molar-refractivity contribution in [3.8, 4) is 0 Å². The summed E-state index contributed by atoms with van der Waals surface area (Å²) in [5.41, 5.74) is 10.8. The Bertz CT molecular complexity index is 78.5. The second-order valence-electron chi connectivity index (χ2n) is 2.93. The Morgan fingerprint density at radius 3 is 2.27 bits per heavy atom. The SMILES string of the molecule is NCCCCCCC(N)CO. The summed E-state index contributed by atoms with van der Waals surface area (Å²) in [5.74, 6) is 0. The smallest absolute Gasteiger partial charge is 0.0582 e. The monoisotopic (exact) mass is 160 g/mol. The molecule has 0 aliphatic carbocycles. The molecule has 0 saturated heterocycles. The molecule has 0 fully saturated rings. The van der Waals surface area contributed by atoms with Crippen LogP contribution in [0.4, 0.5) is 0 Å². The lowest BCUT2D eigenvalue weighted by Crippen LogP contribution is -2.23. The maximum absolute atomic E-state index is 8.59. The van der Waals surface area contributed by atoms with Crippen LogP contribution in [0.2, 0.25) is 0 Å². The van der Waals surface area contributed by atoms with Gasteiger partial charge in [0.1, 0.15) is 0 Å². The number of unbranched alkanes of at least 4 members (excludes halogenated alkanes) is 3. The molecule has 3 heteroatoms. The molecule has 0 bridgehead atoms. The van der Waals surface area contributed by atoms with Crippen LogP contribution in [0.15, 0.2) is 0 Å². The summed E-state index contributed by atoms with van der Waals surface area (Å²) in [4.78, 5) is 0. The highest BCUT2D eigenvalue weighted by molar-refractivity contribution is 4.58. The average Bonchev–Trinajstić information content (AvgIpc) is 2.04. The lowest BCUT2D eigenvalue weighted by atomic mass is 10.1. The zero-order valence-corrected chi connectivity index (χ0v) is 7.13. The van der Waals surface area contributed by atoms with E-state index < -0.39 is 0 Å². The van der Waals surface area contributed by atoms with Crippen LogP contribution < -0.4 is 11.5 Å². The number of nitrogens with two attached hydrogens (primary N) is 2. The van der Waals surface area contributed by atoms with E-state index in [1.807, 2.05) is 0 Å². The van der Waals surface area contributed by atoms with E-state index in [0.29, 0.717) is 0 Å². The van der Waals surface area contributed by atoms with Gasteiger partial charge in [-0.25, -0.2) is 0 Å². The van der Waals surface area contributed by atoms with Gasteiger partial charge in [-0.05, 0) is 19.4 Å². The first-order chi connectivity index (χ1) is 5.31. The summed E-state index contributed by atoms with van der Waals surface area (Å²) < 4.78 is 0. The van der Waals surface area contributed by atoms with E-state index in [-0.39, 0.29) is 12.6 Å². The van der Waals surface area contributed by atoms with Gasteiger partial charge < -0.3 is 16.6 Å². The quantitative estimate of drug-likeness (QED) is 0.466. The fraction of sp³-hybridized carbons (Fsp3) is 1.00. The summed E-state index contributed by atoms with van der Waals surface area (Å²) in [6.07, 6.45) is 5.52. The van der Waals surface area contributed by atoms with Gasteiger partial charge in [-0.2, -0.15) is 0 Å². The average molecular weight is 160 g/mol. The van der Waals surface area contributed by atoms with E-state index in [4.69, 9.17) is 16.6 Å². The van der Waals surface area contributed by atoms with Crippen molar-refractivity contribution in [2.45, 2.75) is 38.1 Å². The molecule has 0 aliphatic rings. The fourth-order valence-electron chi connectivity index (χ4n) is 0.996. The standard InChI is InChI=1S/C8H20N2O/c9-6-4-2-1-3-5-8(10)7-11/h8,11H,1-7,9-10H2. The van der Waals surface area contributed by atoms with Crippen molar-refractivity contribution in [1.29, 1.82) is 0 Å². The van der Waals surface area contributed by atoms with Crippen LogP contribution in [-0.4, -0.2) is 24.3 Å². The van der Waals surface area contributed by atoms with Crippen LogP contribution >= 0.6 is 0 Å². The lowest BCUT2D eigenvalue weighted by Gasteiger charge is -2.06. The van der Waals surface area contributed by atoms with E-state index in [2.05, 4.69) is 0 Å². The van der Waals surface area contributed by atoms with Crippen LogP contribution in [0.3, 0.4) is 0 Å². The predicted molar refractivity (Wildman–Crippen MR) is 47.2 cm³/mol. The van der Waals surface area contributed by atoms with Gasteiger partial charge in [-0.3, -0.25) is 0 Å². The molecule has 0 aromatic heterocycles. The van der Waals surface area contributed by atoms with Crippen LogP contribution in [0.1, 0.15) is 32.1 Å². The second kappa shape index (κ2) is 7.98. The topological polar surface area (TPSA) is 72.3 Å². The third-order valence-electron chi connectivity index (χ3n) is 1.76. The Kier molecular flexibility index (Phi) is 7.89. The van der Waals surface area contributed by atoms with E-state index >= 15 is 0 Å². The summed E-state index contributed by atoms with van der Waals surface area (Å²) in [6.45, 7) is 0.892. The molecule has 0 rings (SSSR count). The largest absolute Gasteiger partial charge is 0.395 e. The Morgan fingerprint density at radius 2 is 1.73 bits per heavy atom. The number of hydrogen-bond acceptors (Lipinski definition) is 3. The van der Waals surface area contributed by atoms with Crippen molar-refractivity contribution in [3.63, 3.8) is 0 Å². The molecular weight excluding hydrogens is 140 g/mol. The molecule has 5 N–H and O–H groups in total. The lowest BCUT2D eigenvalue weighted by molar-refractivity contribution is 0.257. The van der Waals surface area contributed by atoms with Gasteiger partial charge in [0.25, 0.3) is 0 Å². The Balaban J connectivity index is 2.89. The summed E-state index contributed by atoms with van der Waals surface area (Å²) >= 11 is 0. The molecule has 0 aliphatic heterocycles. The molecule has 3 nitrogen and oxygen atoms in total. The number of aliphatic hydroxyl groups excluding tert-OH is 1. The second-order valence-corrected chi connectivity index (χ2v) is 2.93. The number of hydrogen-bond donors (Lipinski definition) is 3. The molecule has 0 aromatic rings. The third kappa shape index (κ3) is 7.78. The van der Waals surface area contributed by atoms with E-state index in [0.717, 1.165) is 25.8 Å². The fourth-order valence-corrected chi connectivity index (χ4v) is 0.996. The number of rotatable bonds is 7. The van der Waals surface area contributed by atoms with Gasteiger partial charge in [0, 0.05) is 6.04 Å². The summed E-state index contributed by atoms with van der Waals surface area (Å²) in [6, 6.07) is -0.0205. The molecule has 1 atom stereocenters. The van der Waals surface area contributed by atoms with Crippen LogP contribution in [0.25, 0.3) is 0 Å². The maximum Gasteiger partial charge on any atom is 0.0582 e. The van der Waals surface area contributed by atoms with E-state index in [9.17, 15) is 0 Å². The first-order valence-electron chi connectivity index (χ1n) is 4.37. The van der Waals surface area contributed by atoms with Crippen molar-refractivity contribution in [1.82, 2.24) is 0 Å². The normalized spacial score (nSPS) is 13.4. The Labute approximate surface area is 68.8 Å². The van der Waals surface area contributed by atoms with Gasteiger partial charge in [0.15, 0.2) is 0 Å². The molecule has 68 valence electrons. The minimum Gasteiger partial charge on any atom is -0.395 e. The van der Waals surface area contributed by atoms with Gasteiger partial charge >= 0.3 is 0 Å². The van der Waals surface area contributed by atoms with Crippen LogP contribution in [0.5, 0.6) is 0 Å². The van der Waals surface area contributed by atoms with Crippen molar-refractivity contribution in [3.05, 3.63) is 0 Å². The third-order valence-corrected chi connectivity index (χ3v) is 1.76. The Morgan fingerprint density at radius 1 is 1.09 bits per heavy atom. The molecule has 1 unspecified atom stereocenters. The molecule has 0 amide bonds. The van der Waals surface area contributed by atoms with Crippen LogP contribution in [0, 0.1) is 0 Å². The highest BCUT2D eigenvalue weighted by Crippen LogP contribution is 2.03. The van der Waals surface area contributed by atoms with Crippen molar-refractivity contribution in [2.24, 2.45) is 11.5 Å². The predicted octanol–water partition coefficient (Wildman–Crippen LogP) is 0.215. The zero-order chi connectivity index (χ0) is 8.53. The van der Waals surface area contributed by atoms with Gasteiger partial charge in [-0.15, -0.1) is 0 Å². The molecule has 0 spiro atoms. The minimum absolute atomic E-state index is 0.0205. The molecule has 0 aromatic carbocycles. The van der Waals surface area contributed by atoms with Crippen molar-refractivity contribution in [2.75, 3.05) is 13.2 Å². The Hall–Kier alpha value is -0.120. The summed E-state index contributed by atoms with van der Waals surface area (Å²) in [5, 5.41) is 8.59. The van der Waals surface area contributed by atoms with Gasteiger partial charge in [0.2, 0.25) is 0 Å². The summed E-state index contributed by atoms with van der Waals surface area (Å²) in [7, 11) is 0. The van der Waals surface area contributed by atoms with Gasteiger partial charge in [0.05, 0.1) is 6.61 Å². The van der Waals surface area contributed by atoms with Crippen LogP contribution in [-0.2, 0) is 0 Å². The first-order valence-corrected chi connectivity index (χ1v) is 4.37. The zero-order valence-electron chi connectivity index (χ0n) is 7.13. The molecule has 0 saturated carbocycles. The highest BCUT2D eigenvalue weighted by Gasteiger charge is 1.98. The maximum atomic E-state index is 8.59. The van der Waals surface area contributed by atoms with E-state index in [1.54, 1.807) is 0 Å². The minimum atomic E-state index is -0.0205.